The molecule has 0 bridgehead atoms. The highest BCUT2D eigenvalue weighted by Gasteiger charge is 2.21. The lowest BCUT2D eigenvalue weighted by atomic mass is 10.2. The second-order valence-electron chi connectivity index (χ2n) is 7.16. The minimum absolute atomic E-state index is 0.0835. The van der Waals surface area contributed by atoms with Crippen LogP contribution >= 0.6 is 11.8 Å². The van der Waals surface area contributed by atoms with E-state index < -0.39 is 28.5 Å². The van der Waals surface area contributed by atoms with Crippen molar-refractivity contribution < 1.29 is 22.7 Å². The Hall–Kier alpha value is -3.21. The van der Waals surface area contributed by atoms with Gasteiger partial charge in [0.25, 0.3) is 5.91 Å². The Morgan fingerprint density at radius 3 is 2.48 bits per heavy atom. The summed E-state index contributed by atoms with van der Waals surface area (Å²) in [6, 6.07) is 17.2. The van der Waals surface area contributed by atoms with Gasteiger partial charge in [0.15, 0.2) is 6.61 Å². The quantitative estimate of drug-likeness (QED) is 0.486. The van der Waals surface area contributed by atoms with Gasteiger partial charge in [0.1, 0.15) is 5.03 Å². The number of rotatable bonds is 8. The Morgan fingerprint density at radius 2 is 1.79 bits per heavy atom. The number of aryl methyl sites for hydroxylation is 1. The molecule has 0 spiro atoms. The summed E-state index contributed by atoms with van der Waals surface area (Å²) in [7, 11) is -0.805. The summed E-state index contributed by atoms with van der Waals surface area (Å²) in [6.07, 6.45) is 1.57. The smallest absolute Gasteiger partial charge is 0.341 e. The van der Waals surface area contributed by atoms with Crippen molar-refractivity contribution in [3.63, 3.8) is 0 Å². The van der Waals surface area contributed by atoms with Gasteiger partial charge in [-0.25, -0.2) is 22.5 Å². The molecular weight excluding hydrogens is 462 g/mol. The van der Waals surface area contributed by atoms with Crippen molar-refractivity contribution in [3.8, 4) is 0 Å². The highest BCUT2D eigenvalue weighted by Crippen LogP contribution is 2.28. The predicted molar refractivity (Wildman–Crippen MR) is 126 cm³/mol. The van der Waals surface area contributed by atoms with E-state index in [2.05, 4.69) is 10.3 Å². The molecule has 8 nitrogen and oxygen atoms in total. The Kier molecular flexibility index (Phi) is 7.85. The molecule has 10 heteroatoms. The fraction of sp³-hybridized carbons (Fsp3) is 0.174. The van der Waals surface area contributed by atoms with E-state index in [-0.39, 0.29) is 16.1 Å². The minimum atomic E-state index is -3.67. The lowest BCUT2D eigenvalue weighted by Crippen LogP contribution is -2.24. The predicted octanol–water partition coefficient (Wildman–Crippen LogP) is 3.59. The third-order valence-electron chi connectivity index (χ3n) is 4.51. The zero-order valence-electron chi connectivity index (χ0n) is 18.3. The Morgan fingerprint density at radius 1 is 1.06 bits per heavy atom. The number of hydrogen-bond donors (Lipinski definition) is 1. The summed E-state index contributed by atoms with van der Waals surface area (Å²) in [5.74, 6) is -1.28. The summed E-state index contributed by atoms with van der Waals surface area (Å²) in [6.45, 7) is 1.13. The maximum atomic E-state index is 12.6. The van der Waals surface area contributed by atoms with Crippen LogP contribution in [0.5, 0.6) is 0 Å². The number of pyridine rings is 1. The van der Waals surface area contributed by atoms with Crippen LogP contribution in [0.3, 0.4) is 0 Å². The first-order chi connectivity index (χ1) is 15.7. The number of sulfonamides is 1. The van der Waals surface area contributed by atoms with E-state index in [1.807, 2.05) is 30.3 Å². The number of hydrogen-bond acceptors (Lipinski definition) is 7. The van der Waals surface area contributed by atoms with Crippen LogP contribution in [0.4, 0.5) is 5.69 Å². The van der Waals surface area contributed by atoms with E-state index in [0.29, 0.717) is 10.6 Å². The molecule has 1 heterocycles. The molecule has 172 valence electrons. The molecule has 0 radical (unpaired) electrons. The SMILES string of the molecule is Cc1ccc(NC(=O)COC(=O)c2cccnc2Sc2ccccc2)cc1S(=O)(=O)N(C)C. The van der Waals surface area contributed by atoms with Gasteiger partial charge >= 0.3 is 5.97 Å². The average molecular weight is 486 g/mol. The van der Waals surface area contributed by atoms with Gasteiger partial charge in [-0.15, -0.1) is 0 Å². The molecule has 0 aliphatic rings. The van der Waals surface area contributed by atoms with E-state index >= 15 is 0 Å². The maximum absolute atomic E-state index is 12.6. The second kappa shape index (κ2) is 10.6. The Labute approximate surface area is 197 Å². The van der Waals surface area contributed by atoms with Crippen LogP contribution in [0, 0.1) is 6.92 Å². The fourth-order valence-electron chi connectivity index (χ4n) is 2.79. The summed E-state index contributed by atoms with van der Waals surface area (Å²) >= 11 is 1.31. The monoisotopic (exact) mass is 485 g/mol. The van der Waals surface area contributed by atoms with Gasteiger partial charge in [-0.3, -0.25) is 4.79 Å². The summed E-state index contributed by atoms with van der Waals surface area (Å²) in [5.41, 5.74) is 1.07. The molecule has 0 saturated heterocycles. The fourth-order valence-corrected chi connectivity index (χ4v) is 4.82. The maximum Gasteiger partial charge on any atom is 0.341 e. The third-order valence-corrected chi connectivity index (χ3v) is 7.50. The van der Waals surface area contributed by atoms with Crippen LogP contribution in [-0.4, -0.2) is 50.3 Å². The van der Waals surface area contributed by atoms with E-state index in [1.165, 1.54) is 31.9 Å². The first-order valence-electron chi connectivity index (χ1n) is 9.86. The van der Waals surface area contributed by atoms with Gasteiger partial charge in [0.05, 0.1) is 10.5 Å². The van der Waals surface area contributed by atoms with Gasteiger partial charge < -0.3 is 10.1 Å². The van der Waals surface area contributed by atoms with Crippen molar-refractivity contribution in [1.29, 1.82) is 0 Å². The van der Waals surface area contributed by atoms with Gasteiger partial charge in [0, 0.05) is 30.9 Å². The minimum Gasteiger partial charge on any atom is -0.452 e. The zero-order valence-corrected chi connectivity index (χ0v) is 19.9. The number of benzene rings is 2. The number of carbonyl (C=O) groups is 2. The van der Waals surface area contributed by atoms with Crippen molar-refractivity contribution in [2.75, 3.05) is 26.0 Å². The van der Waals surface area contributed by atoms with Crippen LogP contribution in [0.25, 0.3) is 0 Å². The van der Waals surface area contributed by atoms with Crippen molar-refractivity contribution in [1.82, 2.24) is 9.29 Å². The normalized spacial score (nSPS) is 11.3. The summed E-state index contributed by atoms with van der Waals surface area (Å²) < 4.78 is 31.2. The largest absolute Gasteiger partial charge is 0.452 e. The van der Waals surface area contributed by atoms with E-state index in [0.717, 1.165) is 9.20 Å². The van der Waals surface area contributed by atoms with E-state index in [4.69, 9.17) is 4.74 Å². The van der Waals surface area contributed by atoms with Crippen molar-refractivity contribution in [2.45, 2.75) is 21.7 Å². The van der Waals surface area contributed by atoms with Crippen molar-refractivity contribution >= 4 is 39.3 Å². The number of nitrogens with one attached hydrogen (secondary N) is 1. The van der Waals surface area contributed by atoms with E-state index in [1.54, 1.807) is 37.4 Å². The van der Waals surface area contributed by atoms with Gasteiger partial charge in [-0.2, -0.15) is 0 Å². The summed E-state index contributed by atoms with van der Waals surface area (Å²) in [4.78, 5) is 30.1. The van der Waals surface area contributed by atoms with Crippen LogP contribution in [0.2, 0.25) is 0 Å². The molecule has 0 saturated carbocycles. The van der Waals surface area contributed by atoms with Crippen LogP contribution in [-0.2, 0) is 19.6 Å². The molecule has 1 N–H and O–H groups in total. The Balaban J connectivity index is 1.66. The molecule has 1 aromatic heterocycles. The molecule has 1 amide bonds. The molecule has 0 unspecified atom stereocenters. The van der Waals surface area contributed by atoms with Crippen LogP contribution < -0.4 is 5.32 Å². The molecule has 0 atom stereocenters. The highest BCUT2D eigenvalue weighted by molar-refractivity contribution is 7.99. The zero-order chi connectivity index (χ0) is 24.0. The van der Waals surface area contributed by atoms with Crippen molar-refractivity contribution in [2.24, 2.45) is 0 Å². The van der Waals surface area contributed by atoms with Crippen LogP contribution in [0.1, 0.15) is 15.9 Å². The summed E-state index contributed by atoms with van der Waals surface area (Å²) in [5, 5.41) is 3.03. The van der Waals surface area contributed by atoms with Crippen LogP contribution in [0.15, 0.2) is 81.7 Å². The number of nitrogens with zero attached hydrogens (tertiary/aromatic N) is 2. The number of carbonyl (C=O) groups excluding carboxylic acids is 2. The number of esters is 1. The first-order valence-corrected chi connectivity index (χ1v) is 12.1. The third kappa shape index (κ3) is 6.19. The molecule has 0 aliphatic carbocycles. The van der Waals surface area contributed by atoms with Gasteiger partial charge in [0.2, 0.25) is 10.0 Å². The number of anilines is 1. The molecule has 2 aromatic carbocycles. The highest BCUT2D eigenvalue weighted by atomic mass is 32.2. The molecule has 3 aromatic rings. The topological polar surface area (TPSA) is 106 Å². The second-order valence-corrected chi connectivity index (χ2v) is 10.3. The number of amides is 1. The first kappa shape index (κ1) is 24.4. The molecule has 0 aliphatic heterocycles. The average Bonchev–Trinajstić information content (AvgIpc) is 2.79. The standard InChI is InChI=1S/C23H23N3O5S2/c1-16-11-12-17(14-20(16)33(29,30)26(2)3)25-21(27)15-31-23(28)19-10-7-13-24-22(19)32-18-8-5-4-6-9-18/h4-14H,15H2,1-3H3,(H,25,27). The molecular formula is C23H23N3O5S2. The molecule has 3 rings (SSSR count). The van der Waals surface area contributed by atoms with E-state index in [9.17, 15) is 18.0 Å². The molecule has 0 fully saturated rings. The van der Waals surface area contributed by atoms with Crippen molar-refractivity contribution in [3.05, 3.63) is 78.0 Å². The van der Waals surface area contributed by atoms with Gasteiger partial charge in [-0.05, 0) is 48.9 Å². The number of ether oxygens (including phenoxy) is 1. The lowest BCUT2D eigenvalue weighted by Gasteiger charge is -2.15. The Bertz CT molecular complexity index is 1260. The molecule has 33 heavy (non-hydrogen) atoms. The van der Waals surface area contributed by atoms with Gasteiger partial charge in [-0.1, -0.05) is 36.0 Å². The lowest BCUT2D eigenvalue weighted by molar-refractivity contribution is -0.119. The number of aromatic nitrogens is 1.